The van der Waals surface area contributed by atoms with Gasteiger partial charge in [-0.3, -0.25) is 4.79 Å². The highest BCUT2D eigenvalue weighted by Crippen LogP contribution is 2.29. The molecule has 82 valence electrons. The molecule has 0 saturated carbocycles. The summed E-state index contributed by atoms with van der Waals surface area (Å²) in [6.45, 7) is 3.40. The maximum absolute atomic E-state index is 10.7. The fourth-order valence-electron chi connectivity index (χ4n) is 1.35. The van der Waals surface area contributed by atoms with Gasteiger partial charge in [-0.15, -0.1) is 0 Å². The second-order valence-electron chi connectivity index (χ2n) is 3.69. The molecule has 1 aromatic rings. The Morgan fingerprint density at radius 1 is 1.53 bits per heavy atom. The summed E-state index contributed by atoms with van der Waals surface area (Å²) in [6.07, 6.45) is 0.236. The highest BCUT2D eigenvalue weighted by atomic mass is 35.5. The van der Waals surface area contributed by atoms with Gasteiger partial charge >= 0.3 is 5.97 Å². The molecule has 0 saturated heterocycles. The van der Waals surface area contributed by atoms with Gasteiger partial charge in [0.05, 0.1) is 5.92 Å². The normalized spacial score (nSPS) is 12.5. The quantitative estimate of drug-likeness (QED) is 0.836. The molecule has 0 spiro atoms. The van der Waals surface area contributed by atoms with E-state index in [1.807, 2.05) is 6.92 Å². The van der Waals surface area contributed by atoms with Crippen LogP contribution in [0.25, 0.3) is 0 Å². The smallest absolute Gasteiger partial charge is 0.306 e. The number of hydrogen-bond acceptors (Lipinski definition) is 2. The number of hydrogen-bond donors (Lipinski definition) is 2. The number of carboxylic acids is 1. The second-order valence-corrected chi connectivity index (χ2v) is 4.10. The van der Waals surface area contributed by atoms with Crippen molar-refractivity contribution in [2.45, 2.75) is 20.3 Å². The average Bonchev–Trinajstić information content (AvgIpc) is 2.10. The third-order valence-electron chi connectivity index (χ3n) is 2.25. The summed E-state index contributed by atoms with van der Waals surface area (Å²) < 4.78 is 0. The van der Waals surface area contributed by atoms with E-state index in [-0.39, 0.29) is 12.2 Å². The van der Waals surface area contributed by atoms with Gasteiger partial charge in [0, 0.05) is 10.6 Å². The first kappa shape index (κ1) is 11.9. The zero-order valence-corrected chi connectivity index (χ0v) is 9.38. The van der Waals surface area contributed by atoms with E-state index < -0.39 is 11.9 Å². The maximum Gasteiger partial charge on any atom is 0.306 e. The van der Waals surface area contributed by atoms with Crippen LogP contribution < -0.4 is 0 Å². The zero-order valence-electron chi connectivity index (χ0n) is 8.62. The lowest BCUT2D eigenvalue weighted by atomic mass is 9.99. The Morgan fingerprint density at radius 3 is 2.60 bits per heavy atom. The first-order chi connectivity index (χ1) is 6.91. The highest BCUT2D eigenvalue weighted by molar-refractivity contribution is 6.31. The van der Waals surface area contributed by atoms with Crippen molar-refractivity contribution in [3.05, 3.63) is 28.3 Å². The predicted molar refractivity (Wildman–Crippen MR) is 58.4 cm³/mol. The molecule has 1 unspecified atom stereocenters. The molecule has 0 aliphatic carbocycles. The minimum atomic E-state index is -0.897. The lowest BCUT2D eigenvalue weighted by molar-refractivity contribution is -0.141. The number of aromatic hydroxyl groups is 1. The first-order valence-corrected chi connectivity index (χ1v) is 5.00. The molecule has 2 N–H and O–H groups in total. The lowest BCUT2D eigenvalue weighted by Crippen LogP contribution is -2.12. The van der Waals surface area contributed by atoms with Gasteiger partial charge in [-0.25, -0.2) is 0 Å². The van der Waals surface area contributed by atoms with Crippen molar-refractivity contribution in [2.75, 3.05) is 0 Å². The number of halogens is 1. The standard InChI is InChI=1S/C11H13ClO3/c1-6-3-9(12)8(10(13)4-6)5-7(2)11(14)15/h3-4,7,13H,5H2,1-2H3,(H,14,15). The Balaban J connectivity index is 3.00. The van der Waals surface area contributed by atoms with Gasteiger partial charge in [0.15, 0.2) is 0 Å². The van der Waals surface area contributed by atoms with E-state index in [0.29, 0.717) is 10.6 Å². The van der Waals surface area contributed by atoms with E-state index in [1.54, 1.807) is 19.1 Å². The molecule has 0 aliphatic heterocycles. The molecule has 0 heterocycles. The average molecular weight is 229 g/mol. The Labute approximate surface area is 93.3 Å². The monoisotopic (exact) mass is 228 g/mol. The van der Waals surface area contributed by atoms with E-state index in [4.69, 9.17) is 16.7 Å². The largest absolute Gasteiger partial charge is 0.508 e. The number of phenolic OH excluding ortho intramolecular Hbond substituents is 1. The minimum absolute atomic E-state index is 0.0631. The van der Waals surface area contributed by atoms with Gasteiger partial charge in [0.2, 0.25) is 0 Å². The molecule has 0 radical (unpaired) electrons. The maximum atomic E-state index is 10.7. The van der Waals surface area contributed by atoms with Crippen molar-refractivity contribution >= 4 is 17.6 Å². The number of phenols is 1. The molecule has 3 nitrogen and oxygen atoms in total. The van der Waals surface area contributed by atoms with E-state index in [0.717, 1.165) is 5.56 Å². The highest BCUT2D eigenvalue weighted by Gasteiger charge is 2.16. The van der Waals surface area contributed by atoms with Crippen LogP contribution in [0.4, 0.5) is 0 Å². The van der Waals surface area contributed by atoms with Crippen molar-refractivity contribution in [2.24, 2.45) is 5.92 Å². The Hall–Kier alpha value is -1.22. The molecule has 4 heteroatoms. The van der Waals surface area contributed by atoms with Crippen molar-refractivity contribution < 1.29 is 15.0 Å². The van der Waals surface area contributed by atoms with E-state index in [2.05, 4.69) is 0 Å². The number of rotatable bonds is 3. The van der Waals surface area contributed by atoms with E-state index >= 15 is 0 Å². The van der Waals surface area contributed by atoms with Crippen LogP contribution in [0.15, 0.2) is 12.1 Å². The topological polar surface area (TPSA) is 57.5 Å². The molecule has 1 aromatic carbocycles. The van der Waals surface area contributed by atoms with Crippen molar-refractivity contribution in [1.82, 2.24) is 0 Å². The molecule has 0 fully saturated rings. The van der Waals surface area contributed by atoms with Crippen LogP contribution in [0.2, 0.25) is 5.02 Å². The third kappa shape index (κ3) is 2.86. The van der Waals surface area contributed by atoms with Crippen molar-refractivity contribution in [3.63, 3.8) is 0 Å². The van der Waals surface area contributed by atoms with Gasteiger partial charge in [0.1, 0.15) is 5.75 Å². The SMILES string of the molecule is Cc1cc(O)c(CC(C)C(=O)O)c(Cl)c1. The summed E-state index contributed by atoms with van der Waals surface area (Å²) >= 11 is 5.93. The van der Waals surface area contributed by atoms with Gasteiger partial charge < -0.3 is 10.2 Å². The van der Waals surface area contributed by atoms with Crippen LogP contribution in [0, 0.1) is 12.8 Å². The fourth-order valence-corrected chi connectivity index (χ4v) is 1.70. The van der Waals surface area contributed by atoms with Crippen LogP contribution in [-0.2, 0) is 11.2 Å². The van der Waals surface area contributed by atoms with Crippen LogP contribution in [0.1, 0.15) is 18.1 Å². The minimum Gasteiger partial charge on any atom is -0.508 e. The molecular weight excluding hydrogens is 216 g/mol. The predicted octanol–water partition coefficient (Wildman–Crippen LogP) is 2.62. The molecule has 1 rings (SSSR count). The Kier molecular flexibility index (Phi) is 3.58. The lowest BCUT2D eigenvalue weighted by Gasteiger charge is -2.10. The van der Waals surface area contributed by atoms with Crippen LogP contribution in [0.5, 0.6) is 5.75 Å². The molecule has 0 aliphatic rings. The Bertz CT molecular complexity index is 364. The van der Waals surface area contributed by atoms with Gasteiger partial charge in [-0.2, -0.15) is 0 Å². The first-order valence-electron chi connectivity index (χ1n) is 4.62. The summed E-state index contributed by atoms with van der Waals surface area (Å²) in [7, 11) is 0. The summed E-state index contributed by atoms with van der Waals surface area (Å²) in [6, 6.07) is 3.29. The molecule has 0 bridgehead atoms. The molecule has 0 amide bonds. The summed E-state index contributed by atoms with van der Waals surface area (Å²) in [5.41, 5.74) is 1.35. The Morgan fingerprint density at radius 2 is 2.13 bits per heavy atom. The molecule has 1 atom stereocenters. The summed E-state index contributed by atoms with van der Waals surface area (Å²) in [5.74, 6) is -1.39. The number of benzene rings is 1. The number of carbonyl (C=O) groups is 1. The number of aryl methyl sites for hydroxylation is 1. The van der Waals surface area contributed by atoms with Crippen molar-refractivity contribution in [1.29, 1.82) is 0 Å². The molecule has 0 aromatic heterocycles. The summed E-state index contributed by atoms with van der Waals surface area (Å²) in [4.78, 5) is 10.7. The zero-order chi connectivity index (χ0) is 11.6. The summed E-state index contributed by atoms with van der Waals surface area (Å²) in [5, 5.41) is 18.8. The third-order valence-corrected chi connectivity index (χ3v) is 2.59. The molecule has 15 heavy (non-hydrogen) atoms. The number of aliphatic carboxylic acids is 1. The van der Waals surface area contributed by atoms with Gasteiger partial charge in [-0.05, 0) is 31.0 Å². The number of carboxylic acid groups (broad SMARTS) is 1. The van der Waals surface area contributed by atoms with Crippen LogP contribution in [0.3, 0.4) is 0 Å². The van der Waals surface area contributed by atoms with Crippen LogP contribution >= 0.6 is 11.6 Å². The molecular formula is C11H13ClO3. The van der Waals surface area contributed by atoms with Crippen LogP contribution in [-0.4, -0.2) is 16.2 Å². The van der Waals surface area contributed by atoms with Gasteiger partial charge in [-0.1, -0.05) is 18.5 Å². The van der Waals surface area contributed by atoms with E-state index in [1.165, 1.54) is 0 Å². The fraction of sp³-hybridized carbons (Fsp3) is 0.364. The van der Waals surface area contributed by atoms with Crippen molar-refractivity contribution in [3.8, 4) is 5.75 Å². The van der Waals surface area contributed by atoms with E-state index in [9.17, 15) is 9.90 Å². The second kappa shape index (κ2) is 4.53. The van der Waals surface area contributed by atoms with Gasteiger partial charge in [0.25, 0.3) is 0 Å².